The van der Waals surface area contributed by atoms with Gasteiger partial charge in [-0.2, -0.15) is 0 Å². The fraction of sp³-hybridized carbons (Fsp3) is 0.733. The summed E-state index contributed by atoms with van der Waals surface area (Å²) in [6, 6.07) is 0.236. The Bertz CT molecular complexity index is 442. The number of methoxy groups -OCH3 is 1. The van der Waals surface area contributed by atoms with Crippen molar-refractivity contribution in [3.8, 4) is 11.8 Å². The van der Waals surface area contributed by atoms with Gasteiger partial charge in [-0.05, 0) is 43.9 Å². The Morgan fingerprint density at radius 1 is 1.35 bits per heavy atom. The highest BCUT2D eigenvalue weighted by Crippen LogP contribution is 2.49. The van der Waals surface area contributed by atoms with Crippen LogP contribution < -0.4 is 5.32 Å². The van der Waals surface area contributed by atoms with E-state index in [4.69, 9.17) is 4.74 Å². The predicted octanol–water partition coefficient (Wildman–Crippen LogP) is 0.544. The summed E-state index contributed by atoms with van der Waals surface area (Å²) in [4.78, 5) is 25.2. The van der Waals surface area contributed by atoms with E-state index < -0.39 is 0 Å². The summed E-state index contributed by atoms with van der Waals surface area (Å²) >= 11 is 0. The molecular weight excluding hydrogens is 256 g/mol. The normalized spacial score (nSPS) is 23.5. The Morgan fingerprint density at radius 3 is 2.55 bits per heavy atom. The summed E-state index contributed by atoms with van der Waals surface area (Å²) in [5.41, 5.74) is 0.180. The van der Waals surface area contributed by atoms with Gasteiger partial charge in [0.05, 0.1) is 0 Å². The molecular formula is C15H22N2O3. The molecule has 2 aliphatic rings. The van der Waals surface area contributed by atoms with E-state index in [2.05, 4.69) is 17.2 Å². The third kappa shape index (κ3) is 2.96. The smallest absolute Gasteiger partial charge is 0.298 e. The number of amides is 2. The summed E-state index contributed by atoms with van der Waals surface area (Å²) in [5, 5.41) is 3.05. The number of hydrogen-bond acceptors (Lipinski definition) is 3. The minimum Gasteiger partial charge on any atom is -0.375 e. The Hall–Kier alpha value is -1.54. The maximum atomic E-state index is 11.7. The molecule has 1 aliphatic carbocycles. The van der Waals surface area contributed by atoms with Gasteiger partial charge in [-0.3, -0.25) is 9.59 Å². The van der Waals surface area contributed by atoms with Crippen molar-refractivity contribution >= 4 is 11.8 Å². The van der Waals surface area contributed by atoms with Crippen LogP contribution in [0.4, 0.5) is 0 Å². The van der Waals surface area contributed by atoms with Gasteiger partial charge in [-0.15, -0.1) is 0 Å². The molecule has 1 atom stereocenters. The third-order valence-corrected chi connectivity index (χ3v) is 4.56. The van der Waals surface area contributed by atoms with E-state index in [1.54, 1.807) is 6.92 Å². The molecule has 1 aliphatic heterocycles. The number of carbonyl (C=O) groups is 2. The maximum Gasteiger partial charge on any atom is 0.298 e. The van der Waals surface area contributed by atoms with Gasteiger partial charge < -0.3 is 15.0 Å². The zero-order chi connectivity index (χ0) is 14.6. The minimum absolute atomic E-state index is 0.0491. The van der Waals surface area contributed by atoms with E-state index in [0.717, 1.165) is 38.8 Å². The molecule has 1 unspecified atom stereocenters. The van der Waals surface area contributed by atoms with E-state index in [1.165, 1.54) is 7.11 Å². The fourth-order valence-corrected chi connectivity index (χ4v) is 3.23. The SMILES string of the molecule is CC#CC(=O)N1CCC2(CCC2NC(=O)COC)CC1. The zero-order valence-electron chi connectivity index (χ0n) is 12.2. The Labute approximate surface area is 120 Å². The molecule has 0 bridgehead atoms. The third-order valence-electron chi connectivity index (χ3n) is 4.56. The number of carbonyl (C=O) groups excluding carboxylic acids is 2. The molecule has 1 N–H and O–H groups in total. The number of ether oxygens (including phenoxy) is 1. The molecule has 1 saturated heterocycles. The van der Waals surface area contributed by atoms with Crippen molar-refractivity contribution < 1.29 is 14.3 Å². The highest BCUT2D eigenvalue weighted by Gasteiger charge is 2.49. The lowest BCUT2D eigenvalue weighted by Gasteiger charge is -2.53. The van der Waals surface area contributed by atoms with Crippen molar-refractivity contribution in [2.75, 3.05) is 26.8 Å². The quantitative estimate of drug-likeness (QED) is 0.767. The minimum atomic E-state index is -0.0818. The Morgan fingerprint density at radius 2 is 2.05 bits per heavy atom. The molecule has 2 amide bonds. The lowest BCUT2D eigenvalue weighted by molar-refractivity contribution is -0.133. The maximum absolute atomic E-state index is 11.7. The molecule has 5 heteroatoms. The summed E-state index contributed by atoms with van der Waals surface area (Å²) in [6.45, 7) is 3.27. The first-order valence-corrected chi connectivity index (χ1v) is 7.11. The molecule has 1 spiro atoms. The predicted molar refractivity (Wildman–Crippen MR) is 74.7 cm³/mol. The van der Waals surface area contributed by atoms with Crippen LogP contribution in [0.3, 0.4) is 0 Å². The van der Waals surface area contributed by atoms with Crippen LogP contribution in [0.5, 0.6) is 0 Å². The van der Waals surface area contributed by atoms with Gasteiger partial charge in [0.15, 0.2) is 0 Å². The summed E-state index contributed by atoms with van der Waals surface area (Å²) in [6.07, 6.45) is 4.05. The van der Waals surface area contributed by atoms with Crippen molar-refractivity contribution in [1.29, 1.82) is 0 Å². The lowest BCUT2D eigenvalue weighted by atomic mass is 9.59. The molecule has 1 heterocycles. The van der Waals surface area contributed by atoms with Gasteiger partial charge in [-0.1, -0.05) is 5.92 Å². The van der Waals surface area contributed by atoms with E-state index >= 15 is 0 Å². The van der Waals surface area contributed by atoms with Gasteiger partial charge in [0.1, 0.15) is 6.61 Å². The molecule has 20 heavy (non-hydrogen) atoms. The molecule has 2 fully saturated rings. The average Bonchev–Trinajstić information content (AvgIpc) is 2.44. The Kier molecular flexibility index (Phi) is 4.66. The van der Waals surface area contributed by atoms with Crippen LogP contribution in [0.2, 0.25) is 0 Å². The second-order valence-corrected chi connectivity index (χ2v) is 5.62. The summed E-state index contributed by atoms with van der Waals surface area (Å²) in [5.74, 6) is 5.11. The lowest BCUT2D eigenvalue weighted by Crippen LogP contribution is -2.60. The summed E-state index contributed by atoms with van der Waals surface area (Å²) < 4.78 is 4.84. The molecule has 1 saturated carbocycles. The molecule has 2 rings (SSSR count). The zero-order valence-corrected chi connectivity index (χ0v) is 12.2. The van der Waals surface area contributed by atoms with Crippen molar-refractivity contribution in [2.24, 2.45) is 5.41 Å². The average molecular weight is 278 g/mol. The number of nitrogens with zero attached hydrogens (tertiary/aromatic N) is 1. The van der Waals surface area contributed by atoms with Crippen LogP contribution in [-0.2, 0) is 14.3 Å². The van der Waals surface area contributed by atoms with Crippen molar-refractivity contribution in [3.05, 3.63) is 0 Å². The molecule has 110 valence electrons. The molecule has 0 aromatic carbocycles. The van der Waals surface area contributed by atoms with E-state index in [-0.39, 0.29) is 29.9 Å². The van der Waals surface area contributed by atoms with Gasteiger partial charge in [0.2, 0.25) is 5.91 Å². The first kappa shape index (κ1) is 14.9. The number of likely N-dealkylation sites (tertiary alicyclic amines) is 1. The van der Waals surface area contributed by atoms with Gasteiger partial charge in [0.25, 0.3) is 5.91 Å². The second-order valence-electron chi connectivity index (χ2n) is 5.62. The van der Waals surface area contributed by atoms with Crippen LogP contribution in [0, 0.1) is 17.3 Å². The van der Waals surface area contributed by atoms with Crippen molar-refractivity contribution in [1.82, 2.24) is 10.2 Å². The number of rotatable bonds is 3. The number of piperidine rings is 1. The standard InChI is InChI=1S/C15H22N2O3/c1-3-4-14(19)17-9-7-15(8-10-17)6-5-12(15)16-13(18)11-20-2/h12H,5-11H2,1-2H3,(H,16,18). The number of hydrogen-bond donors (Lipinski definition) is 1. The van der Waals surface area contributed by atoms with E-state index in [1.807, 2.05) is 4.90 Å². The van der Waals surface area contributed by atoms with Crippen LogP contribution >= 0.6 is 0 Å². The van der Waals surface area contributed by atoms with Gasteiger partial charge in [-0.25, -0.2) is 0 Å². The molecule has 0 aromatic rings. The largest absolute Gasteiger partial charge is 0.375 e. The fourth-order valence-electron chi connectivity index (χ4n) is 3.23. The van der Waals surface area contributed by atoms with Crippen LogP contribution in [0.25, 0.3) is 0 Å². The topological polar surface area (TPSA) is 58.6 Å². The first-order chi connectivity index (χ1) is 9.61. The number of nitrogens with one attached hydrogen (secondary N) is 1. The monoisotopic (exact) mass is 278 g/mol. The highest BCUT2D eigenvalue weighted by molar-refractivity contribution is 5.93. The van der Waals surface area contributed by atoms with E-state index in [0.29, 0.717) is 0 Å². The summed E-state index contributed by atoms with van der Waals surface area (Å²) in [7, 11) is 1.52. The molecule has 0 aromatic heterocycles. The van der Waals surface area contributed by atoms with Crippen molar-refractivity contribution in [2.45, 2.75) is 38.6 Å². The second kappa shape index (κ2) is 6.27. The van der Waals surface area contributed by atoms with Gasteiger partial charge >= 0.3 is 0 Å². The van der Waals surface area contributed by atoms with Crippen LogP contribution in [-0.4, -0.2) is 49.6 Å². The van der Waals surface area contributed by atoms with Crippen molar-refractivity contribution in [3.63, 3.8) is 0 Å². The molecule has 5 nitrogen and oxygen atoms in total. The molecule has 0 radical (unpaired) electrons. The van der Waals surface area contributed by atoms with E-state index in [9.17, 15) is 9.59 Å². The van der Waals surface area contributed by atoms with Gasteiger partial charge in [0, 0.05) is 26.2 Å². The Balaban J connectivity index is 1.87. The van der Waals surface area contributed by atoms with Crippen LogP contribution in [0.15, 0.2) is 0 Å². The highest BCUT2D eigenvalue weighted by atomic mass is 16.5. The van der Waals surface area contributed by atoms with Crippen LogP contribution in [0.1, 0.15) is 32.6 Å². The first-order valence-electron chi connectivity index (χ1n) is 7.11.